The molecule has 2 unspecified atom stereocenters. The maximum absolute atomic E-state index is 14.2. The number of carbonyl (C=O) groups excluding carboxylic acids is 2. The third-order valence-electron chi connectivity index (χ3n) is 7.20. The van der Waals surface area contributed by atoms with Gasteiger partial charge in [0.2, 0.25) is 5.83 Å². The van der Waals surface area contributed by atoms with E-state index in [1.165, 1.54) is 11.8 Å². The summed E-state index contributed by atoms with van der Waals surface area (Å²) in [5.74, 6) is -2.10. The lowest BCUT2D eigenvalue weighted by Crippen LogP contribution is -2.42. The molecule has 226 valence electrons. The molecule has 3 aromatic carbocycles. The van der Waals surface area contributed by atoms with Gasteiger partial charge in [0.25, 0.3) is 5.91 Å². The van der Waals surface area contributed by atoms with E-state index in [0.29, 0.717) is 17.6 Å². The second-order valence-electron chi connectivity index (χ2n) is 10.4. The number of fused-ring (bicyclic) bond motifs is 1. The van der Waals surface area contributed by atoms with Crippen LogP contribution in [0.15, 0.2) is 97.2 Å². The van der Waals surface area contributed by atoms with E-state index in [-0.39, 0.29) is 25.0 Å². The minimum atomic E-state index is -4.20. The Morgan fingerprint density at radius 3 is 2.67 bits per heavy atom. The molecular formula is C31H33FN3O7P. The normalized spacial score (nSPS) is 22.4. The molecule has 3 aromatic rings. The molecule has 0 aliphatic carbocycles. The predicted octanol–water partition coefficient (Wildman–Crippen LogP) is 5.53. The van der Waals surface area contributed by atoms with Gasteiger partial charge in [-0.05, 0) is 36.3 Å². The molecule has 0 bridgehead atoms. The number of ether oxygens (including phenoxy) is 2. The highest BCUT2D eigenvalue weighted by atomic mass is 31.2. The molecule has 43 heavy (non-hydrogen) atoms. The summed E-state index contributed by atoms with van der Waals surface area (Å²) in [6.07, 6.45) is 0.288. The molecule has 0 saturated carbocycles. The Morgan fingerprint density at radius 2 is 1.88 bits per heavy atom. The first-order chi connectivity index (χ1) is 20.6. The molecule has 0 spiro atoms. The van der Waals surface area contributed by atoms with Crippen molar-refractivity contribution in [1.82, 2.24) is 15.3 Å². The van der Waals surface area contributed by atoms with Crippen molar-refractivity contribution >= 4 is 30.4 Å². The van der Waals surface area contributed by atoms with Crippen molar-refractivity contribution in [2.24, 2.45) is 5.92 Å². The largest absolute Gasteiger partial charge is 0.460 e. The van der Waals surface area contributed by atoms with Crippen LogP contribution >= 0.6 is 7.75 Å². The molecule has 1 fully saturated rings. The molecule has 0 radical (unpaired) electrons. The molecule has 1 amide bonds. The SMILES string of the molecule is C=C1NC(=O)C(F)=CN1[C@H]1CC(C)[C@@H](COP(=O)(N[C@@H](C)C(=O)OCc2ccccc2)Oc2cccc3ccccc23)O1. The highest BCUT2D eigenvalue weighted by Crippen LogP contribution is 2.47. The van der Waals surface area contributed by atoms with E-state index in [1.54, 1.807) is 12.1 Å². The molecule has 2 N–H and O–H groups in total. The van der Waals surface area contributed by atoms with Gasteiger partial charge in [0.05, 0.1) is 12.7 Å². The van der Waals surface area contributed by atoms with E-state index in [1.807, 2.05) is 67.6 Å². The smallest absolute Gasteiger partial charge is 0.459 e. The minimum absolute atomic E-state index is 0.0487. The van der Waals surface area contributed by atoms with Crippen molar-refractivity contribution in [3.63, 3.8) is 0 Å². The van der Waals surface area contributed by atoms with Crippen LogP contribution in [0.3, 0.4) is 0 Å². The highest BCUT2D eigenvalue weighted by Gasteiger charge is 2.40. The molecule has 5 atom stereocenters. The monoisotopic (exact) mass is 609 g/mol. The Balaban J connectivity index is 1.31. The Labute approximate surface area is 249 Å². The van der Waals surface area contributed by atoms with Gasteiger partial charge in [-0.25, -0.2) is 4.57 Å². The maximum atomic E-state index is 14.2. The fraction of sp³-hybridized carbons (Fsp3) is 0.290. The van der Waals surface area contributed by atoms with Crippen LogP contribution in [0.4, 0.5) is 4.39 Å². The first-order valence-electron chi connectivity index (χ1n) is 13.8. The van der Waals surface area contributed by atoms with Crippen LogP contribution in [0.1, 0.15) is 25.8 Å². The van der Waals surface area contributed by atoms with E-state index >= 15 is 0 Å². The Bertz CT molecular complexity index is 1580. The quantitative estimate of drug-likeness (QED) is 0.214. The molecule has 0 aromatic heterocycles. The second-order valence-corrected chi connectivity index (χ2v) is 12.1. The zero-order chi connectivity index (χ0) is 30.6. The molecule has 2 aliphatic rings. The number of nitrogens with zero attached hydrogens (tertiary/aromatic N) is 1. The summed E-state index contributed by atoms with van der Waals surface area (Å²) in [5, 5.41) is 6.66. The summed E-state index contributed by atoms with van der Waals surface area (Å²) < 4.78 is 51.7. The zero-order valence-corrected chi connectivity index (χ0v) is 24.7. The van der Waals surface area contributed by atoms with E-state index in [4.69, 9.17) is 18.5 Å². The summed E-state index contributed by atoms with van der Waals surface area (Å²) in [7, 11) is -4.20. The number of esters is 1. The first-order valence-corrected chi connectivity index (χ1v) is 15.4. The Hall–Kier alpha value is -4.02. The topological polar surface area (TPSA) is 115 Å². The number of rotatable bonds is 11. The average molecular weight is 610 g/mol. The molecule has 12 heteroatoms. The predicted molar refractivity (Wildman–Crippen MR) is 158 cm³/mol. The van der Waals surface area contributed by atoms with Crippen LogP contribution in [-0.4, -0.2) is 41.8 Å². The number of amides is 1. The number of nitrogens with one attached hydrogen (secondary N) is 2. The number of carbonyl (C=O) groups is 2. The molecular weight excluding hydrogens is 576 g/mol. The van der Waals surface area contributed by atoms with Crippen LogP contribution in [0, 0.1) is 5.92 Å². The van der Waals surface area contributed by atoms with Crippen molar-refractivity contribution in [1.29, 1.82) is 0 Å². The van der Waals surface area contributed by atoms with Gasteiger partial charge in [-0.1, -0.05) is 80.2 Å². The highest BCUT2D eigenvalue weighted by molar-refractivity contribution is 7.52. The van der Waals surface area contributed by atoms with E-state index in [0.717, 1.165) is 17.1 Å². The van der Waals surface area contributed by atoms with Gasteiger partial charge < -0.3 is 24.2 Å². The number of benzene rings is 3. The Kier molecular flexibility index (Phi) is 9.27. The van der Waals surface area contributed by atoms with E-state index < -0.39 is 43.8 Å². The lowest BCUT2D eigenvalue weighted by Gasteiger charge is -2.31. The second kappa shape index (κ2) is 13.1. The van der Waals surface area contributed by atoms with Crippen molar-refractivity contribution in [3.05, 3.63) is 103 Å². The average Bonchev–Trinajstić information content (AvgIpc) is 3.37. The van der Waals surface area contributed by atoms with Crippen molar-refractivity contribution in [3.8, 4) is 5.75 Å². The van der Waals surface area contributed by atoms with Gasteiger partial charge in [-0.15, -0.1) is 0 Å². The van der Waals surface area contributed by atoms with Gasteiger partial charge in [0.1, 0.15) is 30.4 Å². The van der Waals surface area contributed by atoms with Crippen molar-refractivity contribution in [2.45, 2.75) is 45.2 Å². The van der Waals surface area contributed by atoms with Crippen LogP contribution in [0.2, 0.25) is 0 Å². The lowest BCUT2D eigenvalue weighted by atomic mass is 10.0. The minimum Gasteiger partial charge on any atom is -0.460 e. The fourth-order valence-electron chi connectivity index (χ4n) is 4.82. The van der Waals surface area contributed by atoms with Gasteiger partial charge in [0, 0.05) is 11.6 Å². The number of hydrogen-bond acceptors (Lipinski definition) is 8. The summed E-state index contributed by atoms with van der Waals surface area (Å²) in [5.41, 5.74) is 0.807. The summed E-state index contributed by atoms with van der Waals surface area (Å²) in [6.45, 7) is 7.07. The number of halogens is 1. The molecule has 2 heterocycles. The summed E-state index contributed by atoms with van der Waals surface area (Å²) in [4.78, 5) is 25.9. The van der Waals surface area contributed by atoms with E-state index in [9.17, 15) is 18.5 Å². The van der Waals surface area contributed by atoms with Gasteiger partial charge in [0.15, 0.2) is 0 Å². The molecule has 10 nitrogen and oxygen atoms in total. The van der Waals surface area contributed by atoms with Gasteiger partial charge in [-0.2, -0.15) is 9.48 Å². The van der Waals surface area contributed by atoms with Gasteiger partial charge >= 0.3 is 13.7 Å². The zero-order valence-electron chi connectivity index (χ0n) is 23.8. The van der Waals surface area contributed by atoms with Crippen molar-refractivity contribution in [2.75, 3.05) is 6.61 Å². The Morgan fingerprint density at radius 1 is 1.16 bits per heavy atom. The van der Waals surface area contributed by atoms with Crippen LogP contribution in [0.5, 0.6) is 5.75 Å². The number of hydrogen-bond donors (Lipinski definition) is 2. The fourth-order valence-corrected chi connectivity index (χ4v) is 6.35. The standard InChI is InChI=1S/C31H33FN3O7P/c1-20-16-29(35-17-26(32)30(36)33-22(35)3)41-28(20)19-40-43(38,42-27-15-9-13-24-12-7-8-14-25(24)27)34-21(2)31(37)39-18-23-10-5-4-6-11-23/h4-15,17,20-21,28-29H,3,16,18-19H2,1-2H3,(H,33,36)(H,34,38)/t20?,21-,28+,29+,43?/m0/s1. The molecule has 2 aliphatic heterocycles. The third kappa shape index (κ3) is 7.32. The first kappa shape index (κ1) is 30.4. The maximum Gasteiger partial charge on any atom is 0.459 e. The van der Waals surface area contributed by atoms with Crippen LogP contribution in [0.25, 0.3) is 10.8 Å². The van der Waals surface area contributed by atoms with Gasteiger partial charge in [-0.3, -0.25) is 14.1 Å². The third-order valence-corrected chi connectivity index (χ3v) is 8.82. The molecule has 1 saturated heterocycles. The summed E-state index contributed by atoms with van der Waals surface area (Å²) in [6, 6.07) is 20.9. The van der Waals surface area contributed by atoms with E-state index in [2.05, 4.69) is 17.0 Å². The van der Waals surface area contributed by atoms with Crippen molar-refractivity contribution < 1.29 is 37.1 Å². The molecule has 5 rings (SSSR count). The lowest BCUT2D eigenvalue weighted by molar-refractivity contribution is -0.146. The summed E-state index contributed by atoms with van der Waals surface area (Å²) >= 11 is 0. The van der Waals surface area contributed by atoms with Crippen LogP contribution < -0.4 is 14.9 Å². The van der Waals surface area contributed by atoms with Crippen LogP contribution in [-0.2, 0) is 34.8 Å².